The van der Waals surface area contributed by atoms with Gasteiger partial charge in [0.25, 0.3) is 0 Å². The van der Waals surface area contributed by atoms with Crippen LogP contribution in [0.4, 0.5) is 0 Å². The summed E-state index contributed by atoms with van der Waals surface area (Å²) in [4.78, 5) is 17.5. The largest absolute Gasteiger partial charge is 0.329 e. The molecule has 0 saturated carbocycles. The average molecular weight is 200 g/mol. The van der Waals surface area contributed by atoms with Crippen molar-refractivity contribution in [2.24, 2.45) is 0 Å². The Kier molecular flexibility index (Phi) is 3.26. The van der Waals surface area contributed by atoms with E-state index in [0.717, 1.165) is 12.0 Å². The molecule has 0 aliphatic heterocycles. The Bertz CT molecular complexity index is 329. The van der Waals surface area contributed by atoms with Gasteiger partial charge in [-0.05, 0) is 17.5 Å². The highest BCUT2D eigenvalue weighted by Gasteiger charge is 2.13. The molecule has 0 radical (unpaired) electrons. The minimum Gasteiger partial charge on any atom is -0.324 e. The molecular formula is C9H13O3P. The number of aryl methyl sites for hydroxylation is 1. The molecule has 3 nitrogen and oxygen atoms in total. The molecule has 0 bridgehead atoms. The second kappa shape index (κ2) is 4.05. The Labute approximate surface area is 77.6 Å². The molecule has 4 heteroatoms. The summed E-state index contributed by atoms with van der Waals surface area (Å²) in [6, 6.07) is 7.34. The molecule has 2 N–H and O–H groups in total. The third-order valence-corrected chi connectivity index (χ3v) is 2.57. The van der Waals surface area contributed by atoms with Crippen molar-refractivity contribution in [3.05, 3.63) is 35.4 Å². The Balaban J connectivity index is 2.84. The fourth-order valence-corrected chi connectivity index (χ4v) is 1.86. The molecule has 0 aliphatic carbocycles. The van der Waals surface area contributed by atoms with Crippen LogP contribution in [0, 0.1) is 0 Å². The second-order valence-electron chi connectivity index (χ2n) is 3.00. The quantitative estimate of drug-likeness (QED) is 0.733. The maximum Gasteiger partial charge on any atom is 0.329 e. The van der Waals surface area contributed by atoms with Gasteiger partial charge in [0.1, 0.15) is 0 Å². The maximum atomic E-state index is 10.7. The fourth-order valence-electron chi connectivity index (χ4n) is 1.19. The Morgan fingerprint density at radius 2 is 1.92 bits per heavy atom. The van der Waals surface area contributed by atoms with Crippen LogP contribution in [0.3, 0.4) is 0 Å². The summed E-state index contributed by atoms with van der Waals surface area (Å²) in [6.07, 6.45) is 0.718. The number of benzene rings is 1. The predicted octanol–water partition coefficient (Wildman–Crippen LogP) is 1.93. The molecule has 0 aromatic heterocycles. The average Bonchev–Trinajstić information content (AvgIpc) is 2.01. The van der Waals surface area contributed by atoms with Gasteiger partial charge in [0.2, 0.25) is 0 Å². The second-order valence-corrected chi connectivity index (χ2v) is 4.64. The lowest BCUT2D eigenvalue weighted by molar-refractivity contribution is 0.371. The first-order valence-electron chi connectivity index (χ1n) is 4.13. The van der Waals surface area contributed by atoms with E-state index in [-0.39, 0.29) is 6.16 Å². The lowest BCUT2D eigenvalue weighted by Crippen LogP contribution is -1.88. The number of hydrogen-bond acceptors (Lipinski definition) is 1. The minimum absolute atomic E-state index is 0.166. The molecule has 72 valence electrons. The molecule has 0 aliphatic rings. The van der Waals surface area contributed by atoms with E-state index in [1.54, 1.807) is 6.07 Å². The Hall–Kier alpha value is -0.630. The summed E-state index contributed by atoms with van der Waals surface area (Å²) in [5.41, 5.74) is 1.80. The predicted molar refractivity (Wildman–Crippen MR) is 51.6 cm³/mol. The van der Waals surface area contributed by atoms with Gasteiger partial charge in [0, 0.05) is 0 Å². The third-order valence-electron chi connectivity index (χ3n) is 1.79. The van der Waals surface area contributed by atoms with E-state index in [1.165, 1.54) is 0 Å². The van der Waals surface area contributed by atoms with Crippen molar-refractivity contribution in [2.45, 2.75) is 19.5 Å². The molecular weight excluding hydrogens is 187 g/mol. The standard InChI is InChI=1S/C9H13O3P/c1-2-8-4-3-5-9(6-8)7-13(10,11)12/h3-6H,2,7H2,1H3,(H2,10,11,12). The molecule has 0 fully saturated rings. The van der Waals surface area contributed by atoms with Crippen molar-refractivity contribution in [1.29, 1.82) is 0 Å². The lowest BCUT2D eigenvalue weighted by atomic mass is 10.1. The van der Waals surface area contributed by atoms with Gasteiger partial charge in [-0.2, -0.15) is 0 Å². The molecule has 0 amide bonds. The fraction of sp³-hybridized carbons (Fsp3) is 0.333. The van der Waals surface area contributed by atoms with Crippen LogP contribution in [-0.4, -0.2) is 9.79 Å². The third kappa shape index (κ3) is 3.73. The highest BCUT2D eigenvalue weighted by molar-refractivity contribution is 7.50. The highest BCUT2D eigenvalue weighted by Crippen LogP contribution is 2.38. The molecule has 0 saturated heterocycles. The van der Waals surface area contributed by atoms with E-state index in [2.05, 4.69) is 0 Å². The maximum absolute atomic E-state index is 10.7. The zero-order valence-corrected chi connectivity index (χ0v) is 8.37. The summed E-state index contributed by atoms with van der Waals surface area (Å²) in [5, 5.41) is 0. The number of hydrogen-bond donors (Lipinski definition) is 2. The Morgan fingerprint density at radius 3 is 2.46 bits per heavy atom. The van der Waals surface area contributed by atoms with Gasteiger partial charge in [-0.15, -0.1) is 0 Å². The summed E-state index contributed by atoms with van der Waals surface area (Å²) in [5.74, 6) is 0. The van der Waals surface area contributed by atoms with Gasteiger partial charge in [-0.1, -0.05) is 31.2 Å². The summed E-state index contributed by atoms with van der Waals surface area (Å²) in [6.45, 7) is 2.01. The summed E-state index contributed by atoms with van der Waals surface area (Å²) < 4.78 is 10.7. The smallest absolute Gasteiger partial charge is 0.324 e. The van der Waals surface area contributed by atoms with Crippen LogP contribution in [0.25, 0.3) is 0 Å². The van der Waals surface area contributed by atoms with Crippen LogP contribution >= 0.6 is 7.60 Å². The first-order valence-corrected chi connectivity index (χ1v) is 5.93. The monoisotopic (exact) mass is 200 g/mol. The number of rotatable bonds is 3. The molecule has 0 heterocycles. The van der Waals surface area contributed by atoms with E-state index in [0.29, 0.717) is 5.56 Å². The van der Waals surface area contributed by atoms with E-state index in [4.69, 9.17) is 9.79 Å². The normalized spacial score (nSPS) is 11.6. The van der Waals surface area contributed by atoms with E-state index >= 15 is 0 Å². The van der Waals surface area contributed by atoms with Crippen molar-refractivity contribution >= 4 is 7.60 Å². The van der Waals surface area contributed by atoms with Crippen molar-refractivity contribution in [1.82, 2.24) is 0 Å². The van der Waals surface area contributed by atoms with Crippen molar-refractivity contribution in [3.8, 4) is 0 Å². The van der Waals surface area contributed by atoms with Crippen LogP contribution < -0.4 is 0 Å². The SMILES string of the molecule is CCc1cccc(CP(=O)(O)O)c1. The van der Waals surface area contributed by atoms with Crippen LogP contribution in [0.5, 0.6) is 0 Å². The van der Waals surface area contributed by atoms with Crippen molar-refractivity contribution < 1.29 is 14.4 Å². The molecule has 0 atom stereocenters. The van der Waals surface area contributed by atoms with E-state index < -0.39 is 7.60 Å². The van der Waals surface area contributed by atoms with Crippen LogP contribution in [0.1, 0.15) is 18.1 Å². The van der Waals surface area contributed by atoms with Crippen LogP contribution in [0.15, 0.2) is 24.3 Å². The first kappa shape index (κ1) is 10.5. The molecule has 1 rings (SSSR count). The minimum atomic E-state index is -3.92. The van der Waals surface area contributed by atoms with Gasteiger partial charge in [-0.25, -0.2) is 0 Å². The molecule has 0 unspecified atom stereocenters. The highest BCUT2D eigenvalue weighted by atomic mass is 31.2. The zero-order chi connectivity index (χ0) is 9.90. The zero-order valence-electron chi connectivity index (χ0n) is 7.47. The first-order chi connectivity index (χ1) is 6.01. The van der Waals surface area contributed by atoms with E-state index in [1.807, 2.05) is 25.1 Å². The van der Waals surface area contributed by atoms with Gasteiger partial charge >= 0.3 is 7.60 Å². The van der Waals surface area contributed by atoms with Gasteiger partial charge < -0.3 is 9.79 Å². The summed E-state index contributed by atoms with van der Waals surface area (Å²) >= 11 is 0. The topological polar surface area (TPSA) is 57.5 Å². The van der Waals surface area contributed by atoms with Crippen LogP contribution in [0.2, 0.25) is 0 Å². The van der Waals surface area contributed by atoms with Crippen molar-refractivity contribution in [3.63, 3.8) is 0 Å². The van der Waals surface area contributed by atoms with Gasteiger partial charge in [0.15, 0.2) is 0 Å². The van der Waals surface area contributed by atoms with Gasteiger partial charge in [-0.3, -0.25) is 4.57 Å². The lowest BCUT2D eigenvalue weighted by Gasteiger charge is -2.04. The van der Waals surface area contributed by atoms with Crippen molar-refractivity contribution in [2.75, 3.05) is 0 Å². The molecule has 0 spiro atoms. The Morgan fingerprint density at radius 1 is 1.31 bits per heavy atom. The molecule has 13 heavy (non-hydrogen) atoms. The summed E-state index contributed by atoms with van der Waals surface area (Å²) in [7, 11) is -3.92. The molecule has 1 aromatic rings. The van der Waals surface area contributed by atoms with E-state index in [9.17, 15) is 4.57 Å². The molecule has 1 aromatic carbocycles. The van der Waals surface area contributed by atoms with Crippen LogP contribution in [-0.2, 0) is 17.1 Å². The van der Waals surface area contributed by atoms with Gasteiger partial charge in [0.05, 0.1) is 6.16 Å².